The summed E-state index contributed by atoms with van der Waals surface area (Å²) in [6.45, 7) is 6.68. The Morgan fingerprint density at radius 1 is 1.11 bits per heavy atom. The molecule has 0 saturated carbocycles. The highest BCUT2D eigenvalue weighted by Crippen LogP contribution is 2.32. The van der Waals surface area contributed by atoms with Gasteiger partial charge in [-0.15, -0.1) is 0 Å². The number of sulfone groups is 1. The summed E-state index contributed by atoms with van der Waals surface area (Å²) in [5, 5.41) is 0. The van der Waals surface area contributed by atoms with Crippen LogP contribution in [0, 0.1) is 5.82 Å². The van der Waals surface area contributed by atoms with Crippen LogP contribution in [0.5, 0.6) is 5.75 Å². The van der Waals surface area contributed by atoms with Crippen molar-refractivity contribution in [2.75, 3.05) is 12.4 Å². The van der Waals surface area contributed by atoms with E-state index in [4.69, 9.17) is 9.47 Å². The van der Waals surface area contributed by atoms with Gasteiger partial charge in [-0.25, -0.2) is 17.6 Å². The molecule has 0 fully saturated rings. The van der Waals surface area contributed by atoms with E-state index in [-0.39, 0.29) is 23.0 Å². The van der Waals surface area contributed by atoms with Crippen molar-refractivity contribution in [3.8, 4) is 16.9 Å². The van der Waals surface area contributed by atoms with Crippen LogP contribution < -0.4 is 4.74 Å². The third-order valence-corrected chi connectivity index (χ3v) is 5.60. The summed E-state index contributed by atoms with van der Waals surface area (Å²) in [5.74, 6) is -0.762. The zero-order valence-electron chi connectivity index (χ0n) is 16.5. The Morgan fingerprint density at radius 2 is 1.82 bits per heavy atom. The molecule has 0 amide bonds. The minimum Gasteiger partial charge on any atom is -0.481 e. The van der Waals surface area contributed by atoms with Crippen molar-refractivity contribution in [2.24, 2.45) is 0 Å². The van der Waals surface area contributed by atoms with Gasteiger partial charge < -0.3 is 9.47 Å². The predicted molar refractivity (Wildman–Crippen MR) is 106 cm³/mol. The highest BCUT2D eigenvalue weighted by atomic mass is 32.2. The fourth-order valence-corrected chi connectivity index (χ4v) is 3.97. The maximum Gasteiger partial charge on any atom is 0.344 e. The van der Waals surface area contributed by atoms with E-state index in [2.05, 4.69) is 0 Å². The van der Waals surface area contributed by atoms with Gasteiger partial charge in [0.15, 0.2) is 16.4 Å². The Morgan fingerprint density at radius 3 is 2.46 bits per heavy atom. The highest BCUT2D eigenvalue weighted by molar-refractivity contribution is 7.91. The minimum atomic E-state index is -3.42. The van der Waals surface area contributed by atoms with Crippen LogP contribution in [-0.2, 0) is 19.4 Å². The van der Waals surface area contributed by atoms with Crippen molar-refractivity contribution in [2.45, 2.75) is 44.6 Å². The number of ether oxygens (including phenoxy) is 2. The molecular formula is C21H25FO5S. The van der Waals surface area contributed by atoms with Crippen LogP contribution in [0.1, 0.15) is 34.1 Å². The first kappa shape index (κ1) is 21.9. The zero-order valence-corrected chi connectivity index (χ0v) is 17.3. The van der Waals surface area contributed by atoms with Crippen LogP contribution in [0.2, 0.25) is 0 Å². The van der Waals surface area contributed by atoms with Crippen molar-refractivity contribution < 1.29 is 27.1 Å². The molecule has 2 aromatic rings. The van der Waals surface area contributed by atoms with Crippen molar-refractivity contribution >= 4 is 15.8 Å². The molecule has 152 valence electrons. The molecule has 2 aromatic carbocycles. The van der Waals surface area contributed by atoms with Crippen LogP contribution in [-0.4, -0.2) is 32.3 Å². The van der Waals surface area contributed by atoms with Gasteiger partial charge in [-0.2, -0.15) is 0 Å². The molecule has 0 saturated heterocycles. The predicted octanol–water partition coefficient (Wildman–Crippen LogP) is 4.40. The average Bonchev–Trinajstić information content (AvgIpc) is 2.59. The zero-order chi connectivity index (χ0) is 20.9. The van der Waals surface area contributed by atoms with Gasteiger partial charge in [0.25, 0.3) is 0 Å². The van der Waals surface area contributed by atoms with Crippen LogP contribution in [0.4, 0.5) is 4.39 Å². The molecule has 0 radical (unpaired) electrons. The van der Waals surface area contributed by atoms with Crippen LogP contribution in [0.15, 0.2) is 47.4 Å². The van der Waals surface area contributed by atoms with Crippen molar-refractivity contribution in [3.63, 3.8) is 0 Å². The number of benzene rings is 2. The Bertz CT molecular complexity index is 946. The molecule has 0 unspecified atom stereocenters. The number of carbonyl (C=O) groups excluding carboxylic acids is 1. The monoisotopic (exact) mass is 408 g/mol. The van der Waals surface area contributed by atoms with Crippen molar-refractivity contribution in [1.29, 1.82) is 0 Å². The quantitative estimate of drug-likeness (QED) is 0.635. The van der Waals surface area contributed by atoms with E-state index in [9.17, 15) is 17.6 Å². The van der Waals surface area contributed by atoms with Gasteiger partial charge in [0.2, 0.25) is 0 Å². The number of hydrogen-bond donors (Lipinski definition) is 0. The first-order chi connectivity index (χ1) is 13.0. The summed E-state index contributed by atoms with van der Waals surface area (Å²) < 4.78 is 49.3. The molecule has 7 heteroatoms. The first-order valence-corrected chi connectivity index (χ1v) is 10.6. The lowest BCUT2D eigenvalue weighted by Crippen LogP contribution is -2.27. The molecule has 0 bridgehead atoms. The SMILES string of the molecule is CCCS(=O)(=O)c1cccc(-c2cc(F)ccc2OCC(=O)OC(C)(C)C)c1. The fourth-order valence-electron chi connectivity index (χ4n) is 2.60. The average molecular weight is 408 g/mol. The topological polar surface area (TPSA) is 69.7 Å². The summed E-state index contributed by atoms with van der Waals surface area (Å²) in [6.07, 6.45) is 0.497. The minimum absolute atomic E-state index is 0.0294. The highest BCUT2D eigenvalue weighted by Gasteiger charge is 2.19. The van der Waals surface area contributed by atoms with Gasteiger partial charge >= 0.3 is 5.97 Å². The molecule has 0 spiro atoms. The third kappa shape index (κ3) is 6.05. The van der Waals surface area contributed by atoms with E-state index in [0.29, 0.717) is 17.5 Å². The van der Waals surface area contributed by atoms with Gasteiger partial charge in [-0.05, 0) is 63.1 Å². The maximum absolute atomic E-state index is 13.8. The molecule has 28 heavy (non-hydrogen) atoms. The standard InChI is InChI=1S/C21H25FO5S/c1-5-11-28(24,25)17-8-6-7-15(12-17)18-13-16(22)9-10-19(18)26-14-20(23)27-21(2,3)4/h6-10,12-13H,5,11,14H2,1-4H3. The van der Waals surface area contributed by atoms with Gasteiger partial charge in [-0.3, -0.25) is 0 Å². The van der Waals surface area contributed by atoms with E-state index in [1.165, 1.54) is 30.3 Å². The summed E-state index contributed by atoms with van der Waals surface area (Å²) in [4.78, 5) is 12.1. The molecule has 0 aliphatic carbocycles. The van der Waals surface area contributed by atoms with Crippen LogP contribution >= 0.6 is 0 Å². The second-order valence-electron chi connectivity index (χ2n) is 7.36. The smallest absolute Gasteiger partial charge is 0.344 e. The number of halogens is 1. The normalized spacial score (nSPS) is 11.9. The largest absolute Gasteiger partial charge is 0.481 e. The first-order valence-electron chi connectivity index (χ1n) is 8.99. The maximum atomic E-state index is 13.8. The molecule has 0 aliphatic heterocycles. The molecule has 0 aromatic heterocycles. The van der Waals surface area contributed by atoms with E-state index >= 15 is 0 Å². The lowest BCUT2D eigenvalue weighted by Gasteiger charge is -2.20. The lowest BCUT2D eigenvalue weighted by molar-refractivity contribution is -0.157. The fraction of sp³-hybridized carbons (Fsp3) is 0.381. The molecule has 0 atom stereocenters. The third-order valence-electron chi connectivity index (χ3n) is 3.68. The number of esters is 1. The second kappa shape index (κ2) is 8.73. The second-order valence-corrected chi connectivity index (χ2v) is 9.47. The molecule has 2 rings (SSSR count). The number of carbonyl (C=O) groups is 1. The summed E-state index contributed by atoms with van der Waals surface area (Å²) in [5.41, 5.74) is 0.196. The van der Waals surface area contributed by atoms with Gasteiger partial charge in [0.1, 0.15) is 17.2 Å². The summed E-state index contributed by atoms with van der Waals surface area (Å²) in [6, 6.07) is 10.1. The van der Waals surface area contributed by atoms with E-state index in [1.807, 2.05) is 0 Å². The molecule has 0 aliphatic rings. The van der Waals surface area contributed by atoms with Gasteiger partial charge in [0, 0.05) is 5.56 Å². The number of rotatable bonds is 7. The van der Waals surface area contributed by atoms with E-state index < -0.39 is 27.2 Å². The Hall–Kier alpha value is -2.41. The summed E-state index contributed by atoms with van der Waals surface area (Å²) in [7, 11) is -3.42. The molecule has 0 N–H and O–H groups in total. The Kier molecular flexibility index (Phi) is 6.82. The van der Waals surface area contributed by atoms with Crippen LogP contribution in [0.3, 0.4) is 0 Å². The molecule has 5 nitrogen and oxygen atoms in total. The van der Waals surface area contributed by atoms with E-state index in [0.717, 1.165) is 0 Å². The molecular weight excluding hydrogens is 383 g/mol. The van der Waals surface area contributed by atoms with Crippen LogP contribution in [0.25, 0.3) is 11.1 Å². The van der Waals surface area contributed by atoms with Crippen molar-refractivity contribution in [1.82, 2.24) is 0 Å². The Balaban J connectivity index is 2.34. The van der Waals surface area contributed by atoms with Gasteiger partial charge in [-0.1, -0.05) is 19.1 Å². The lowest BCUT2D eigenvalue weighted by atomic mass is 10.0. The molecule has 0 heterocycles. The summed E-state index contributed by atoms with van der Waals surface area (Å²) >= 11 is 0. The Labute approximate surface area is 165 Å². The van der Waals surface area contributed by atoms with E-state index in [1.54, 1.807) is 39.8 Å². The number of hydrogen-bond acceptors (Lipinski definition) is 5. The van der Waals surface area contributed by atoms with Gasteiger partial charge in [0.05, 0.1) is 10.6 Å². The van der Waals surface area contributed by atoms with Crippen molar-refractivity contribution in [3.05, 3.63) is 48.3 Å².